The predicted octanol–water partition coefficient (Wildman–Crippen LogP) is 0.849. The third-order valence-corrected chi connectivity index (χ3v) is 2.87. The van der Waals surface area contributed by atoms with Crippen LogP contribution in [0.2, 0.25) is 0 Å². The van der Waals surface area contributed by atoms with Crippen LogP contribution in [-0.2, 0) is 21.2 Å². The number of primary sulfonamides is 1. The van der Waals surface area contributed by atoms with E-state index in [1.54, 1.807) is 18.2 Å². The minimum Gasteiger partial charge on any atom is -0.298 e. The first kappa shape index (κ1) is 12.4. The quantitative estimate of drug-likeness (QED) is 0.893. The lowest BCUT2D eigenvalue weighted by molar-refractivity contribution is -0.116. The van der Waals surface area contributed by atoms with Gasteiger partial charge in [-0.2, -0.15) is 0 Å². The molecule has 82 valence electrons. The number of sulfonamides is 1. The molecular formula is C9H10BrNO3S. The van der Waals surface area contributed by atoms with Crippen molar-refractivity contribution in [2.45, 2.75) is 6.42 Å². The summed E-state index contributed by atoms with van der Waals surface area (Å²) in [5, 5.41) is 4.76. The molecule has 1 rings (SSSR count). The number of Topliss-reactive ketones (excluding diaryl/α,β-unsaturated/α-hetero) is 1. The number of hydrogen-bond acceptors (Lipinski definition) is 3. The molecule has 4 nitrogen and oxygen atoms in total. The molecule has 0 bridgehead atoms. The maximum absolute atomic E-state index is 11.3. The number of ketones is 1. The minimum atomic E-state index is -3.71. The molecule has 2 N–H and O–H groups in total. The van der Waals surface area contributed by atoms with Gasteiger partial charge in [0, 0.05) is 10.9 Å². The lowest BCUT2D eigenvalue weighted by Crippen LogP contribution is -2.24. The van der Waals surface area contributed by atoms with Crippen LogP contribution >= 0.6 is 15.9 Å². The van der Waals surface area contributed by atoms with E-state index < -0.39 is 21.6 Å². The monoisotopic (exact) mass is 291 g/mol. The molecule has 0 atom stereocenters. The first-order valence-corrected chi connectivity index (χ1v) is 6.64. The Labute approximate surface area is 96.7 Å². The standard InChI is InChI=1S/C9H10BrNO3S/c10-8-3-1-2-7(4-8)5-9(12)6-15(11,13)14/h1-4H,5-6H2,(H2,11,13,14). The van der Waals surface area contributed by atoms with Crippen molar-refractivity contribution in [3.8, 4) is 0 Å². The molecule has 0 fully saturated rings. The predicted molar refractivity (Wildman–Crippen MR) is 60.8 cm³/mol. The third kappa shape index (κ3) is 5.06. The van der Waals surface area contributed by atoms with E-state index >= 15 is 0 Å². The van der Waals surface area contributed by atoms with E-state index in [2.05, 4.69) is 15.9 Å². The highest BCUT2D eigenvalue weighted by molar-refractivity contribution is 9.10. The zero-order valence-corrected chi connectivity index (χ0v) is 10.2. The average molecular weight is 292 g/mol. The van der Waals surface area contributed by atoms with Crippen molar-refractivity contribution >= 4 is 31.7 Å². The Bertz CT molecular complexity index is 470. The summed E-state index contributed by atoms with van der Waals surface area (Å²) < 4.78 is 22.1. The van der Waals surface area contributed by atoms with Crippen molar-refractivity contribution in [1.29, 1.82) is 0 Å². The van der Waals surface area contributed by atoms with E-state index in [-0.39, 0.29) is 6.42 Å². The van der Waals surface area contributed by atoms with E-state index in [1.165, 1.54) is 0 Å². The number of carbonyl (C=O) groups is 1. The topological polar surface area (TPSA) is 77.2 Å². The molecule has 6 heteroatoms. The van der Waals surface area contributed by atoms with Crippen LogP contribution in [-0.4, -0.2) is 20.0 Å². The fraction of sp³-hybridized carbons (Fsp3) is 0.222. The van der Waals surface area contributed by atoms with Crippen molar-refractivity contribution in [2.75, 3.05) is 5.75 Å². The Morgan fingerprint density at radius 1 is 1.40 bits per heavy atom. The summed E-state index contributed by atoms with van der Waals surface area (Å²) in [6.07, 6.45) is 0.0792. The Morgan fingerprint density at radius 3 is 2.60 bits per heavy atom. The highest BCUT2D eigenvalue weighted by Gasteiger charge is 2.11. The number of carbonyl (C=O) groups excluding carboxylic acids is 1. The SMILES string of the molecule is NS(=O)(=O)CC(=O)Cc1cccc(Br)c1. The molecule has 0 unspecified atom stereocenters. The molecule has 0 aliphatic carbocycles. The third-order valence-electron chi connectivity index (χ3n) is 1.65. The summed E-state index contributed by atoms with van der Waals surface area (Å²) in [6, 6.07) is 7.13. The van der Waals surface area contributed by atoms with Crippen molar-refractivity contribution < 1.29 is 13.2 Å². The molecular weight excluding hydrogens is 282 g/mol. The van der Waals surface area contributed by atoms with Gasteiger partial charge in [0.25, 0.3) is 0 Å². The molecule has 0 heterocycles. The van der Waals surface area contributed by atoms with Gasteiger partial charge >= 0.3 is 0 Å². The summed E-state index contributed by atoms with van der Waals surface area (Å²) in [5.74, 6) is -1.02. The first-order chi connectivity index (χ1) is 6.87. The van der Waals surface area contributed by atoms with E-state index in [0.717, 1.165) is 10.0 Å². The second kappa shape index (κ2) is 4.87. The minimum absolute atomic E-state index is 0.0792. The molecule has 0 amide bonds. The van der Waals surface area contributed by atoms with E-state index in [4.69, 9.17) is 5.14 Å². The van der Waals surface area contributed by atoms with E-state index in [9.17, 15) is 13.2 Å². The molecule has 15 heavy (non-hydrogen) atoms. The Morgan fingerprint density at radius 2 is 2.07 bits per heavy atom. The molecule has 0 aliphatic heterocycles. The number of halogens is 1. The number of rotatable bonds is 4. The van der Waals surface area contributed by atoms with Crippen molar-refractivity contribution in [3.05, 3.63) is 34.3 Å². The van der Waals surface area contributed by atoms with Gasteiger partial charge in [-0.3, -0.25) is 4.79 Å². The smallest absolute Gasteiger partial charge is 0.216 e. The van der Waals surface area contributed by atoms with Crippen LogP contribution in [0.1, 0.15) is 5.56 Å². The summed E-state index contributed by atoms with van der Waals surface area (Å²) in [6.45, 7) is 0. The van der Waals surface area contributed by atoms with Crippen LogP contribution in [0.15, 0.2) is 28.7 Å². The van der Waals surface area contributed by atoms with Gasteiger partial charge in [-0.05, 0) is 17.7 Å². The second-order valence-corrected chi connectivity index (χ2v) is 5.68. The number of nitrogens with two attached hydrogens (primary N) is 1. The van der Waals surface area contributed by atoms with E-state index in [1.807, 2.05) is 6.07 Å². The summed E-state index contributed by atoms with van der Waals surface area (Å²) >= 11 is 3.26. The van der Waals surface area contributed by atoms with Gasteiger partial charge < -0.3 is 0 Å². The largest absolute Gasteiger partial charge is 0.298 e. The van der Waals surface area contributed by atoms with Crippen LogP contribution < -0.4 is 5.14 Å². The number of hydrogen-bond donors (Lipinski definition) is 1. The number of benzene rings is 1. The Hall–Kier alpha value is -0.720. The van der Waals surface area contributed by atoms with Gasteiger partial charge in [0.15, 0.2) is 5.78 Å². The molecule has 1 aromatic rings. The van der Waals surface area contributed by atoms with Gasteiger partial charge in [-0.15, -0.1) is 0 Å². The maximum atomic E-state index is 11.3. The molecule has 0 spiro atoms. The highest BCUT2D eigenvalue weighted by atomic mass is 79.9. The van der Waals surface area contributed by atoms with Crippen molar-refractivity contribution in [1.82, 2.24) is 0 Å². The fourth-order valence-electron chi connectivity index (χ4n) is 1.15. The molecule has 0 aliphatic rings. The van der Waals surface area contributed by atoms with Crippen LogP contribution in [0.4, 0.5) is 0 Å². The normalized spacial score (nSPS) is 11.3. The second-order valence-electron chi connectivity index (χ2n) is 3.15. The van der Waals surface area contributed by atoms with E-state index in [0.29, 0.717) is 0 Å². The van der Waals surface area contributed by atoms with Crippen LogP contribution in [0, 0.1) is 0 Å². The van der Waals surface area contributed by atoms with Gasteiger partial charge in [-0.1, -0.05) is 28.1 Å². The molecule has 1 aromatic carbocycles. The van der Waals surface area contributed by atoms with Gasteiger partial charge in [-0.25, -0.2) is 13.6 Å². The molecule has 0 aromatic heterocycles. The van der Waals surface area contributed by atoms with Gasteiger partial charge in [0.2, 0.25) is 10.0 Å². The molecule has 0 saturated carbocycles. The van der Waals surface area contributed by atoms with Crippen molar-refractivity contribution in [2.24, 2.45) is 5.14 Å². The average Bonchev–Trinajstić information content (AvgIpc) is 1.99. The highest BCUT2D eigenvalue weighted by Crippen LogP contribution is 2.12. The zero-order valence-electron chi connectivity index (χ0n) is 7.81. The zero-order chi connectivity index (χ0) is 11.5. The first-order valence-electron chi connectivity index (χ1n) is 4.13. The Kier molecular flexibility index (Phi) is 4.01. The summed E-state index contributed by atoms with van der Waals surface area (Å²) in [4.78, 5) is 11.3. The summed E-state index contributed by atoms with van der Waals surface area (Å²) in [5.41, 5.74) is 0.762. The Balaban J connectivity index is 2.67. The molecule has 0 saturated heterocycles. The maximum Gasteiger partial charge on any atom is 0.216 e. The van der Waals surface area contributed by atoms with Gasteiger partial charge in [0.1, 0.15) is 5.75 Å². The molecule has 0 radical (unpaired) electrons. The van der Waals surface area contributed by atoms with Crippen LogP contribution in [0.25, 0.3) is 0 Å². The fourth-order valence-corrected chi connectivity index (χ4v) is 2.15. The van der Waals surface area contributed by atoms with Crippen molar-refractivity contribution in [3.63, 3.8) is 0 Å². The summed E-state index contributed by atoms with van der Waals surface area (Å²) in [7, 11) is -3.71. The lowest BCUT2D eigenvalue weighted by atomic mass is 10.1. The van der Waals surface area contributed by atoms with Gasteiger partial charge in [0.05, 0.1) is 0 Å². The van der Waals surface area contributed by atoms with Crippen LogP contribution in [0.5, 0.6) is 0 Å². The lowest BCUT2D eigenvalue weighted by Gasteiger charge is -2.00. The van der Waals surface area contributed by atoms with Crippen LogP contribution in [0.3, 0.4) is 0 Å².